The molecule has 0 bridgehead atoms. The quantitative estimate of drug-likeness (QED) is 0.590. The van der Waals surface area contributed by atoms with Gasteiger partial charge in [0.15, 0.2) is 0 Å². The predicted octanol–water partition coefficient (Wildman–Crippen LogP) is 4.84. The van der Waals surface area contributed by atoms with Gasteiger partial charge in [0.25, 0.3) is 0 Å². The van der Waals surface area contributed by atoms with Crippen LogP contribution in [0, 0.1) is 6.92 Å². The van der Waals surface area contributed by atoms with Gasteiger partial charge in [0.05, 0.1) is 16.2 Å². The minimum Gasteiger partial charge on any atom is -0.444 e. The lowest BCUT2D eigenvalue weighted by atomic mass is 10.1. The van der Waals surface area contributed by atoms with E-state index in [0.29, 0.717) is 17.7 Å². The van der Waals surface area contributed by atoms with E-state index in [2.05, 4.69) is 9.71 Å². The lowest BCUT2D eigenvalue weighted by molar-refractivity contribution is -0.139. The van der Waals surface area contributed by atoms with E-state index in [1.54, 1.807) is 0 Å². The molecule has 0 amide bonds. The number of aryl methyl sites for hydroxylation is 1. The van der Waals surface area contributed by atoms with Crippen LogP contribution >= 0.6 is 11.6 Å². The summed E-state index contributed by atoms with van der Waals surface area (Å²) in [6, 6.07) is 9.99. The highest BCUT2D eigenvalue weighted by molar-refractivity contribution is 7.89. The van der Waals surface area contributed by atoms with Gasteiger partial charge in [0.2, 0.25) is 15.9 Å². The molecule has 0 saturated carbocycles. The molecule has 0 aliphatic heterocycles. The molecule has 0 atom stereocenters. The lowest BCUT2D eigenvalue weighted by Gasteiger charge is -2.14. The predicted molar refractivity (Wildman–Crippen MR) is 102 cm³/mol. The first-order valence-corrected chi connectivity index (χ1v) is 10.3. The Bertz CT molecular complexity index is 1110. The van der Waals surface area contributed by atoms with Gasteiger partial charge in [-0.2, -0.15) is 13.2 Å². The number of aromatic nitrogens is 1. The van der Waals surface area contributed by atoms with E-state index in [1.165, 1.54) is 6.26 Å². The normalized spacial score (nSPS) is 12.3. The molecule has 0 fully saturated rings. The highest BCUT2D eigenvalue weighted by atomic mass is 35.5. The highest BCUT2D eigenvalue weighted by Gasteiger charge is 2.37. The summed E-state index contributed by atoms with van der Waals surface area (Å²) < 4.78 is 71.8. The van der Waals surface area contributed by atoms with Gasteiger partial charge in [0, 0.05) is 23.6 Å². The van der Waals surface area contributed by atoms with Crippen molar-refractivity contribution in [3.8, 4) is 11.5 Å². The molecule has 154 valence electrons. The van der Waals surface area contributed by atoms with Crippen LogP contribution in [0.15, 0.2) is 58.0 Å². The highest BCUT2D eigenvalue weighted by Crippen LogP contribution is 2.35. The molecule has 3 aromatic rings. The SMILES string of the molecule is Cc1ccc(-c2nc(CCNS(=O)(=O)c3ccc(Cl)cc3C(F)(F)F)co2)cc1. The lowest BCUT2D eigenvalue weighted by Crippen LogP contribution is -2.28. The van der Waals surface area contributed by atoms with Gasteiger partial charge < -0.3 is 4.42 Å². The number of sulfonamides is 1. The second-order valence-corrected chi connectivity index (χ2v) is 8.47. The maximum atomic E-state index is 13.2. The van der Waals surface area contributed by atoms with Crippen LogP contribution in [0.2, 0.25) is 5.02 Å². The maximum absolute atomic E-state index is 13.2. The Kier molecular flexibility index (Phi) is 6.02. The van der Waals surface area contributed by atoms with Gasteiger partial charge in [-0.15, -0.1) is 0 Å². The number of hydrogen-bond donors (Lipinski definition) is 1. The number of alkyl halides is 3. The third-order valence-electron chi connectivity index (χ3n) is 4.06. The second kappa shape index (κ2) is 8.17. The number of oxazole rings is 1. The molecule has 0 unspecified atom stereocenters. The number of benzene rings is 2. The van der Waals surface area contributed by atoms with E-state index in [-0.39, 0.29) is 18.0 Å². The van der Waals surface area contributed by atoms with Crippen LogP contribution in [0.4, 0.5) is 13.2 Å². The summed E-state index contributed by atoms with van der Waals surface area (Å²) in [4.78, 5) is 3.39. The van der Waals surface area contributed by atoms with Crippen LogP contribution in [0.1, 0.15) is 16.8 Å². The molecular formula is C19H16ClF3N2O3S. The van der Waals surface area contributed by atoms with Crippen LogP contribution in [0.3, 0.4) is 0 Å². The Morgan fingerprint density at radius 1 is 1.14 bits per heavy atom. The average Bonchev–Trinajstić information content (AvgIpc) is 3.10. The topological polar surface area (TPSA) is 72.2 Å². The molecular weight excluding hydrogens is 429 g/mol. The average molecular weight is 445 g/mol. The summed E-state index contributed by atoms with van der Waals surface area (Å²) in [6.07, 6.45) is -3.33. The van der Waals surface area contributed by atoms with Crippen molar-refractivity contribution in [3.05, 3.63) is 70.6 Å². The zero-order chi connectivity index (χ0) is 21.2. The molecule has 3 rings (SSSR count). The Morgan fingerprint density at radius 2 is 1.83 bits per heavy atom. The van der Waals surface area contributed by atoms with Crippen molar-refractivity contribution >= 4 is 21.6 Å². The Balaban J connectivity index is 1.70. The number of hydrogen-bond acceptors (Lipinski definition) is 4. The molecule has 10 heteroatoms. The van der Waals surface area contributed by atoms with Crippen LogP contribution in [-0.2, 0) is 22.6 Å². The standard InChI is InChI=1S/C19H16ClF3N2O3S/c1-12-2-4-13(5-3-12)18-25-15(11-28-18)8-9-24-29(26,27)17-7-6-14(20)10-16(17)19(21,22)23/h2-7,10-11,24H,8-9H2,1H3. The third kappa shape index (κ3) is 5.17. The molecule has 5 nitrogen and oxygen atoms in total. The fourth-order valence-electron chi connectivity index (χ4n) is 2.60. The van der Waals surface area contributed by atoms with Crippen LogP contribution < -0.4 is 4.72 Å². The Labute approximate surface area is 170 Å². The molecule has 0 spiro atoms. The second-order valence-electron chi connectivity index (χ2n) is 6.30. The fraction of sp³-hybridized carbons (Fsp3) is 0.211. The summed E-state index contributed by atoms with van der Waals surface area (Å²) >= 11 is 5.58. The molecule has 0 saturated heterocycles. The van der Waals surface area contributed by atoms with Crippen molar-refractivity contribution < 1.29 is 26.0 Å². The van der Waals surface area contributed by atoms with Gasteiger partial charge in [-0.25, -0.2) is 18.1 Å². The smallest absolute Gasteiger partial charge is 0.417 e. The summed E-state index contributed by atoms with van der Waals surface area (Å²) in [5.74, 6) is 0.375. The van der Waals surface area contributed by atoms with Crippen molar-refractivity contribution in [3.63, 3.8) is 0 Å². The van der Waals surface area contributed by atoms with E-state index in [1.807, 2.05) is 31.2 Å². The van der Waals surface area contributed by atoms with Crippen molar-refractivity contribution in [2.45, 2.75) is 24.4 Å². The fourth-order valence-corrected chi connectivity index (χ4v) is 4.01. The molecule has 1 aromatic heterocycles. The number of nitrogens with one attached hydrogen (secondary N) is 1. The van der Waals surface area contributed by atoms with E-state index in [4.69, 9.17) is 16.0 Å². The minimum absolute atomic E-state index is 0.142. The van der Waals surface area contributed by atoms with Crippen LogP contribution in [0.5, 0.6) is 0 Å². The zero-order valence-electron chi connectivity index (χ0n) is 15.1. The van der Waals surface area contributed by atoms with E-state index < -0.39 is 26.7 Å². The van der Waals surface area contributed by atoms with E-state index >= 15 is 0 Å². The van der Waals surface area contributed by atoms with Gasteiger partial charge in [-0.3, -0.25) is 0 Å². The van der Waals surface area contributed by atoms with Gasteiger partial charge >= 0.3 is 6.18 Å². The first-order valence-electron chi connectivity index (χ1n) is 8.44. The molecule has 0 radical (unpaired) electrons. The van der Waals surface area contributed by atoms with Crippen LogP contribution in [-0.4, -0.2) is 19.9 Å². The molecule has 0 aliphatic rings. The molecule has 2 aromatic carbocycles. The van der Waals surface area contributed by atoms with Gasteiger partial charge in [-0.05, 0) is 37.3 Å². The minimum atomic E-state index is -4.86. The first-order chi connectivity index (χ1) is 13.6. The maximum Gasteiger partial charge on any atom is 0.417 e. The summed E-state index contributed by atoms with van der Waals surface area (Å²) in [6.45, 7) is 1.80. The largest absolute Gasteiger partial charge is 0.444 e. The monoisotopic (exact) mass is 444 g/mol. The van der Waals surface area contributed by atoms with Crippen molar-refractivity contribution in [2.75, 3.05) is 6.54 Å². The Morgan fingerprint density at radius 3 is 2.48 bits per heavy atom. The Hall–Kier alpha value is -2.36. The van der Waals surface area contributed by atoms with Crippen molar-refractivity contribution in [1.29, 1.82) is 0 Å². The molecule has 29 heavy (non-hydrogen) atoms. The number of nitrogens with zero attached hydrogens (tertiary/aromatic N) is 1. The summed E-state index contributed by atoms with van der Waals surface area (Å²) in [5, 5.41) is -0.206. The molecule has 1 heterocycles. The molecule has 1 N–H and O–H groups in total. The van der Waals surface area contributed by atoms with Crippen molar-refractivity contribution in [1.82, 2.24) is 9.71 Å². The summed E-state index contributed by atoms with van der Waals surface area (Å²) in [5.41, 5.74) is 0.991. The van der Waals surface area contributed by atoms with Crippen molar-refractivity contribution in [2.24, 2.45) is 0 Å². The molecule has 0 aliphatic carbocycles. The van der Waals surface area contributed by atoms with Gasteiger partial charge in [0.1, 0.15) is 6.26 Å². The summed E-state index contributed by atoms with van der Waals surface area (Å²) in [7, 11) is -4.40. The van der Waals surface area contributed by atoms with E-state index in [9.17, 15) is 21.6 Å². The first kappa shape index (κ1) is 21.4. The number of halogens is 4. The number of rotatable bonds is 6. The van der Waals surface area contributed by atoms with Crippen LogP contribution in [0.25, 0.3) is 11.5 Å². The zero-order valence-corrected chi connectivity index (χ0v) is 16.7. The van der Waals surface area contributed by atoms with E-state index in [0.717, 1.165) is 23.3 Å². The van der Waals surface area contributed by atoms with Gasteiger partial charge in [-0.1, -0.05) is 29.3 Å². The third-order valence-corrected chi connectivity index (χ3v) is 5.81.